The maximum absolute atomic E-state index is 11.4. The molecule has 0 spiro atoms. The molecule has 1 saturated carbocycles. The summed E-state index contributed by atoms with van der Waals surface area (Å²) in [7, 11) is 0. The monoisotopic (exact) mass is 460 g/mol. The van der Waals surface area contributed by atoms with Gasteiger partial charge >= 0.3 is 0 Å². The van der Waals surface area contributed by atoms with Crippen LogP contribution in [0.1, 0.15) is 32.3 Å². The van der Waals surface area contributed by atoms with Crippen LogP contribution in [0.2, 0.25) is 0 Å². The average Bonchev–Trinajstić information content (AvgIpc) is 3.41. The van der Waals surface area contributed by atoms with Crippen LogP contribution in [0.5, 0.6) is 5.75 Å². The molecule has 1 amide bonds. The van der Waals surface area contributed by atoms with Gasteiger partial charge in [0.2, 0.25) is 0 Å². The molecule has 0 saturated heterocycles. The highest BCUT2D eigenvalue weighted by Crippen LogP contribution is 2.27. The molecule has 0 radical (unpaired) electrons. The van der Waals surface area contributed by atoms with E-state index >= 15 is 0 Å². The molecule has 25 heavy (non-hydrogen) atoms. The van der Waals surface area contributed by atoms with Gasteiger partial charge < -0.3 is 20.7 Å². The number of amides is 1. The normalized spacial score (nSPS) is 13.6. The lowest BCUT2D eigenvalue weighted by Crippen LogP contribution is -2.38. The van der Waals surface area contributed by atoms with Crippen LogP contribution < -0.4 is 20.7 Å². The summed E-state index contributed by atoms with van der Waals surface area (Å²) in [6.45, 7) is 6.98. The minimum absolute atomic E-state index is 0. The minimum Gasteiger partial charge on any atom is -0.484 e. The number of hydrogen-bond donors (Lipinski definition) is 3. The van der Waals surface area contributed by atoms with Crippen molar-refractivity contribution in [3.8, 4) is 5.75 Å². The SMILES string of the molecule is CCNC(=O)COc1cccc(CN=C(NCC)NCC2CC2)c1.I. The Hall–Kier alpha value is -1.51. The van der Waals surface area contributed by atoms with Crippen molar-refractivity contribution in [2.24, 2.45) is 10.9 Å². The fourth-order valence-electron chi connectivity index (χ4n) is 2.21. The Bertz CT molecular complexity index is 562. The molecule has 6 nitrogen and oxygen atoms in total. The zero-order chi connectivity index (χ0) is 17.2. The van der Waals surface area contributed by atoms with Gasteiger partial charge in [0.25, 0.3) is 5.91 Å². The summed E-state index contributed by atoms with van der Waals surface area (Å²) in [5.41, 5.74) is 1.05. The molecule has 1 aliphatic carbocycles. The first-order valence-electron chi connectivity index (χ1n) is 8.71. The molecule has 2 rings (SSSR count). The molecule has 0 heterocycles. The van der Waals surface area contributed by atoms with E-state index in [1.54, 1.807) is 0 Å². The Kier molecular flexibility index (Phi) is 10.3. The predicted molar refractivity (Wildman–Crippen MR) is 112 cm³/mol. The Morgan fingerprint density at radius 2 is 1.96 bits per heavy atom. The third-order valence-electron chi connectivity index (χ3n) is 3.66. The number of benzene rings is 1. The van der Waals surface area contributed by atoms with E-state index in [1.165, 1.54) is 12.8 Å². The molecule has 140 valence electrons. The van der Waals surface area contributed by atoms with Crippen molar-refractivity contribution >= 4 is 35.8 Å². The van der Waals surface area contributed by atoms with E-state index in [-0.39, 0.29) is 36.5 Å². The Morgan fingerprint density at radius 1 is 1.20 bits per heavy atom. The van der Waals surface area contributed by atoms with Crippen LogP contribution in [0, 0.1) is 5.92 Å². The second kappa shape index (κ2) is 11.9. The van der Waals surface area contributed by atoms with Crippen LogP contribution in [0.25, 0.3) is 0 Å². The van der Waals surface area contributed by atoms with Crippen molar-refractivity contribution in [3.63, 3.8) is 0 Å². The van der Waals surface area contributed by atoms with E-state index in [0.29, 0.717) is 18.8 Å². The molecule has 0 aromatic heterocycles. The third-order valence-corrected chi connectivity index (χ3v) is 3.66. The van der Waals surface area contributed by atoms with Gasteiger partial charge in [0.1, 0.15) is 5.75 Å². The highest BCUT2D eigenvalue weighted by Gasteiger charge is 2.20. The minimum atomic E-state index is -0.111. The first kappa shape index (κ1) is 21.5. The van der Waals surface area contributed by atoms with Gasteiger partial charge in [-0.25, -0.2) is 4.99 Å². The molecule has 1 aromatic carbocycles. The smallest absolute Gasteiger partial charge is 0.257 e. The lowest BCUT2D eigenvalue weighted by molar-refractivity contribution is -0.122. The van der Waals surface area contributed by atoms with Crippen molar-refractivity contribution in [2.45, 2.75) is 33.2 Å². The number of nitrogens with zero attached hydrogens (tertiary/aromatic N) is 1. The van der Waals surface area contributed by atoms with E-state index in [2.05, 4.69) is 27.9 Å². The fourth-order valence-corrected chi connectivity index (χ4v) is 2.21. The van der Waals surface area contributed by atoms with Gasteiger partial charge in [0.05, 0.1) is 6.54 Å². The second-order valence-electron chi connectivity index (χ2n) is 5.91. The van der Waals surface area contributed by atoms with E-state index in [1.807, 2.05) is 31.2 Å². The zero-order valence-electron chi connectivity index (χ0n) is 15.0. The van der Waals surface area contributed by atoms with Gasteiger partial charge in [0, 0.05) is 19.6 Å². The highest BCUT2D eigenvalue weighted by molar-refractivity contribution is 14.0. The molecule has 1 fully saturated rings. The molecule has 0 bridgehead atoms. The molecule has 0 atom stereocenters. The number of nitrogens with one attached hydrogen (secondary N) is 3. The van der Waals surface area contributed by atoms with Crippen LogP contribution in [0.4, 0.5) is 0 Å². The number of carbonyl (C=O) groups is 1. The number of guanidine groups is 1. The summed E-state index contributed by atoms with van der Waals surface area (Å²) in [5.74, 6) is 2.22. The highest BCUT2D eigenvalue weighted by atomic mass is 127. The Balaban J connectivity index is 0.00000312. The number of likely N-dealkylation sites (N-methyl/N-ethyl adjacent to an activating group) is 1. The van der Waals surface area contributed by atoms with Crippen LogP contribution in [0.3, 0.4) is 0 Å². The number of carbonyl (C=O) groups excluding carboxylic acids is 1. The molecule has 3 N–H and O–H groups in total. The molecule has 1 aliphatic rings. The van der Waals surface area contributed by atoms with Crippen molar-refractivity contribution in [1.82, 2.24) is 16.0 Å². The number of hydrogen-bond acceptors (Lipinski definition) is 3. The number of aliphatic imine (C=N–C) groups is 1. The Morgan fingerprint density at radius 3 is 2.64 bits per heavy atom. The largest absolute Gasteiger partial charge is 0.484 e. The van der Waals surface area contributed by atoms with Crippen molar-refractivity contribution in [1.29, 1.82) is 0 Å². The summed E-state index contributed by atoms with van der Waals surface area (Å²) in [4.78, 5) is 16.1. The summed E-state index contributed by atoms with van der Waals surface area (Å²) < 4.78 is 5.51. The number of halogens is 1. The lowest BCUT2D eigenvalue weighted by Gasteiger charge is -2.11. The van der Waals surface area contributed by atoms with Gasteiger partial charge in [-0.1, -0.05) is 12.1 Å². The van der Waals surface area contributed by atoms with E-state index in [9.17, 15) is 4.79 Å². The van der Waals surface area contributed by atoms with Crippen LogP contribution >= 0.6 is 24.0 Å². The zero-order valence-corrected chi connectivity index (χ0v) is 17.3. The Labute approximate surface area is 167 Å². The number of ether oxygens (including phenoxy) is 1. The third kappa shape index (κ3) is 8.94. The van der Waals surface area contributed by atoms with Crippen LogP contribution in [-0.4, -0.2) is 38.1 Å². The summed E-state index contributed by atoms with van der Waals surface area (Å²) in [5, 5.41) is 9.35. The van der Waals surface area contributed by atoms with E-state index < -0.39 is 0 Å². The summed E-state index contributed by atoms with van der Waals surface area (Å²) in [6, 6.07) is 7.70. The quantitative estimate of drug-likeness (QED) is 0.301. The summed E-state index contributed by atoms with van der Waals surface area (Å²) in [6.07, 6.45) is 2.63. The van der Waals surface area contributed by atoms with Crippen molar-refractivity contribution in [3.05, 3.63) is 29.8 Å². The standard InChI is InChI=1S/C18H28N4O2.HI/c1-3-19-17(23)13-24-16-7-5-6-15(10-16)12-22-18(20-4-2)21-11-14-8-9-14;/h5-7,10,14H,3-4,8-9,11-13H2,1-2H3,(H,19,23)(H2,20,21,22);1H. The molecule has 1 aromatic rings. The maximum atomic E-state index is 11.4. The first-order valence-corrected chi connectivity index (χ1v) is 8.71. The van der Waals surface area contributed by atoms with Crippen molar-refractivity contribution in [2.75, 3.05) is 26.2 Å². The first-order chi connectivity index (χ1) is 11.7. The molecular formula is C18H29IN4O2. The van der Waals surface area contributed by atoms with E-state index in [0.717, 1.165) is 30.5 Å². The molecule has 7 heteroatoms. The summed E-state index contributed by atoms with van der Waals surface area (Å²) >= 11 is 0. The van der Waals surface area contributed by atoms with E-state index in [4.69, 9.17) is 4.74 Å². The second-order valence-corrected chi connectivity index (χ2v) is 5.91. The number of rotatable bonds is 9. The van der Waals surface area contributed by atoms with Crippen LogP contribution in [-0.2, 0) is 11.3 Å². The van der Waals surface area contributed by atoms with Gasteiger partial charge in [-0.05, 0) is 50.3 Å². The van der Waals surface area contributed by atoms with Crippen molar-refractivity contribution < 1.29 is 9.53 Å². The van der Waals surface area contributed by atoms with Gasteiger partial charge in [-0.15, -0.1) is 24.0 Å². The molecular weight excluding hydrogens is 431 g/mol. The topological polar surface area (TPSA) is 74.8 Å². The predicted octanol–water partition coefficient (Wildman–Crippen LogP) is 2.28. The van der Waals surface area contributed by atoms with Gasteiger partial charge in [0.15, 0.2) is 12.6 Å². The molecule has 0 unspecified atom stereocenters. The molecule has 0 aliphatic heterocycles. The van der Waals surface area contributed by atoms with Gasteiger partial charge in [-0.3, -0.25) is 4.79 Å². The lowest BCUT2D eigenvalue weighted by atomic mass is 10.2. The maximum Gasteiger partial charge on any atom is 0.257 e. The fraction of sp³-hybridized carbons (Fsp3) is 0.556. The van der Waals surface area contributed by atoms with Gasteiger partial charge in [-0.2, -0.15) is 0 Å². The van der Waals surface area contributed by atoms with Crippen LogP contribution in [0.15, 0.2) is 29.3 Å². The average molecular weight is 460 g/mol.